The number of aromatic nitrogens is 1. The molecule has 150 valence electrons. The van der Waals surface area contributed by atoms with Crippen LogP contribution in [0.2, 0.25) is 0 Å². The lowest BCUT2D eigenvalue weighted by molar-refractivity contribution is 0.185. The first-order valence-electron chi connectivity index (χ1n) is 10.4. The lowest BCUT2D eigenvalue weighted by Crippen LogP contribution is -2.33. The Morgan fingerprint density at radius 1 is 1.00 bits per heavy atom. The molecule has 0 aliphatic heterocycles. The van der Waals surface area contributed by atoms with Crippen molar-refractivity contribution in [1.29, 1.82) is 0 Å². The van der Waals surface area contributed by atoms with Gasteiger partial charge >= 0.3 is 0 Å². The number of pyridine rings is 1. The summed E-state index contributed by atoms with van der Waals surface area (Å²) in [4.78, 5) is 4.56. The van der Waals surface area contributed by atoms with E-state index in [2.05, 4.69) is 17.1 Å². The molecule has 2 aromatic rings. The summed E-state index contributed by atoms with van der Waals surface area (Å²) >= 11 is 0. The second kappa shape index (κ2) is 8.64. The van der Waals surface area contributed by atoms with Gasteiger partial charge in [-0.3, -0.25) is 4.98 Å². The first-order valence-corrected chi connectivity index (χ1v) is 10.4. The van der Waals surface area contributed by atoms with Gasteiger partial charge in [-0.05, 0) is 84.5 Å². The quantitative estimate of drug-likeness (QED) is 0.737. The number of allylic oxidation sites excluding steroid dienone is 3. The highest BCUT2D eigenvalue weighted by molar-refractivity contribution is 5.63. The van der Waals surface area contributed by atoms with Crippen LogP contribution < -0.4 is 11.5 Å². The molecule has 3 nitrogen and oxygen atoms in total. The van der Waals surface area contributed by atoms with Gasteiger partial charge in [0.2, 0.25) is 0 Å². The smallest absolute Gasteiger partial charge is 0.123 e. The van der Waals surface area contributed by atoms with Crippen molar-refractivity contribution in [3.8, 4) is 11.1 Å². The van der Waals surface area contributed by atoms with Crippen LogP contribution in [-0.4, -0.2) is 4.98 Å². The third-order valence-corrected chi connectivity index (χ3v) is 6.44. The van der Waals surface area contributed by atoms with Gasteiger partial charge in [-0.15, -0.1) is 0 Å². The predicted octanol–water partition coefficient (Wildman–Crippen LogP) is 5.41. The second-order valence-electron chi connectivity index (χ2n) is 8.09. The maximum absolute atomic E-state index is 13.5. The van der Waals surface area contributed by atoms with E-state index in [9.17, 15) is 4.39 Å². The number of rotatable bonds is 3. The Morgan fingerprint density at radius 3 is 2.59 bits per heavy atom. The molecule has 3 unspecified atom stereocenters. The van der Waals surface area contributed by atoms with E-state index in [1.54, 1.807) is 24.7 Å². The SMILES string of the molecule is N/C=C1/CC2CCCCC2C(/C=C/c2ccc(-c3cccc(F)c3)cn2)/C1=C/N. The number of halogens is 1. The molecule has 3 atom stereocenters. The van der Waals surface area contributed by atoms with Crippen molar-refractivity contribution < 1.29 is 4.39 Å². The topological polar surface area (TPSA) is 64.9 Å². The summed E-state index contributed by atoms with van der Waals surface area (Å²) in [7, 11) is 0. The standard InChI is InChI=1S/C25H28FN3/c26-21-6-3-5-17(13-21)19-8-9-22(29-16-19)10-11-24-23-7-2-1-4-18(23)12-20(14-27)25(24)15-28/h3,5-6,8-11,13-16,18,23-24H,1-2,4,7,12,27-28H2/b11-10+,20-14-,25-15+. The van der Waals surface area contributed by atoms with E-state index in [-0.39, 0.29) is 11.7 Å². The van der Waals surface area contributed by atoms with Crippen molar-refractivity contribution in [2.24, 2.45) is 29.2 Å². The van der Waals surface area contributed by atoms with E-state index in [4.69, 9.17) is 11.5 Å². The van der Waals surface area contributed by atoms with Gasteiger partial charge in [0.15, 0.2) is 0 Å². The van der Waals surface area contributed by atoms with Crippen molar-refractivity contribution in [3.05, 3.63) is 83.7 Å². The minimum absolute atomic E-state index is 0.240. The normalized spacial score (nSPS) is 27.4. The van der Waals surface area contributed by atoms with Gasteiger partial charge in [-0.25, -0.2) is 4.39 Å². The highest BCUT2D eigenvalue weighted by Gasteiger charge is 2.38. The van der Waals surface area contributed by atoms with Crippen molar-refractivity contribution >= 4 is 6.08 Å². The Hall–Kier alpha value is -2.88. The minimum atomic E-state index is -0.240. The van der Waals surface area contributed by atoms with Crippen molar-refractivity contribution in [1.82, 2.24) is 4.98 Å². The molecule has 4 rings (SSSR count). The molecular weight excluding hydrogens is 361 g/mol. The van der Waals surface area contributed by atoms with Crippen LogP contribution in [0.3, 0.4) is 0 Å². The third kappa shape index (κ3) is 4.12. The maximum Gasteiger partial charge on any atom is 0.123 e. The number of nitrogens with two attached hydrogens (primary N) is 2. The summed E-state index contributed by atoms with van der Waals surface area (Å²) in [6.07, 6.45) is 15.7. The van der Waals surface area contributed by atoms with Gasteiger partial charge in [-0.2, -0.15) is 0 Å². The number of hydrogen-bond donors (Lipinski definition) is 2. The minimum Gasteiger partial charge on any atom is -0.404 e. The number of hydrogen-bond acceptors (Lipinski definition) is 3. The molecule has 4 heteroatoms. The van der Waals surface area contributed by atoms with E-state index in [0.29, 0.717) is 11.8 Å². The molecule has 0 saturated heterocycles. The summed E-state index contributed by atoms with van der Waals surface area (Å²) in [5.74, 6) is 1.33. The van der Waals surface area contributed by atoms with E-state index in [1.165, 1.54) is 43.4 Å². The van der Waals surface area contributed by atoms with Crippen LogP contribution in [0.25, 0.3) is 17.2 Å². The monoisotopic (exact) mass is 389 g/mol. The maximum atomic E-state index is 13.5. The number of benzene rings is 1. The lowest BCUT2D eigenvalue weighted by Gasteiger charge is -2.42. The molecule has 2 aliphatic carbocycles. The molecule has 0 radical (unpaired) electrons. The summed E-state index contributed by atoms with van der Waals surface area (Å²) in [6, 6.07) is 10.5. The predicted molar refractivity (Wildman–Crippen MR) is 117 cm³/mol. The molecule has 4 N–H and O–H groups in total. The number of nitrogens with zero attached hydrogens (tertiary/aromatic N) is 1. The first-order chi connectivity index (χ1) is 14.2. The van der Waals surface area contributed by atoms with Gasteiger partial charge in [0, 0.05) is 17.7 Å². The van der Waals surface area contributed by atoms with Crippen molar-refractivity contribution in [3.63, 3.8) is 0 Å². The van der Waals surface area contributed by atoms with Gasteiger partial charge < -0.3 is 11.5 Å². The summed E-state index contributed by atoms with van der Waals surface area (Å²) in [6.45, 7) is 0. The highest BCUT2D eigenvalue weighted by atomic mass is 19.1. The second-order valence-corrected chi connectivity index (χ2v) is 8.09. The Balaban J connectivity index is 1.57. The fraction of sp³-hybridized carbons (Fsp3) is 0.320. The Labute approximate surface area is 172 Å². The summed E-state index contributed by atoms with van der Waals surface area (Å²) in [5, 5.41) is 0. The van der Waals surface area contributed by atoms with E-state index < -0.39 is 0 Å². The lowest BCUT2D eigenvalue weighted by atomic mass is 9.62. The Bertz CT molecular complexity index is 943. The Morgan fingerprint density at radius 2 is 1.86 bits per heavy atom. The first kappa shape index (κ1) is 19.4. The van der Waals surface area contributed by atoms with Crippen molar-refractivity contribution in [2.75, 3.05) is 0 Å². The summed E-state index contributed by atoms with van der Waals surface area (Å²) < 4.78 is 13.5. The van der Waals surface area contributed by atoms with Crippen LogP contribution in [-0.2, 0) is 0 Å². The van der Waals surface area contributed by atoms with Gasteiger partial charge in [0.1, 0.15) is 5.82 Å². The zero-order valence-electron chi connectivity index (χ0n) is 16.6. The highest BCUT2D eigenvalue weighted by Crippen LogP contribution is 2.48. The average molecular weight is 390 g/mol. The Kier molecular flexibility index (Phi) is 5.79. The fourth-order valence-corrected chi connectivity index (χ4v) is 4.98. The van der Waals surface area contributed by atoms with E-state index in [0.717, 1.165) is 28.8 Å². The molecule has 1 aromatic heterocycles. The van der Waals surface area contributed by atoms with Crippen LogP contribution in [0, 0.1) is 23.6 Å². The average Bonchev–Trinajstić information content (AvgIpc) is 2.77. The molecule has 29 heavy (non-hydrogen) atoms. The third-order valence-electron chi connectivity index (χ3n) is 6.44. The van der Waals surface area contributed by atoms with Gasteiger partial charge in [0.25, 0.3) is 0 Å². The molecule has 2 fully saturated rings. The molecular formula is C25H28FN3. The molecule has 0 spiro atoms. The van der Waals surface area contributed by atoms with Crippen molar-refractivity contribution in [2.45, 2.75) is 32.1 Å². The van der Waals surface area contributed by atoms with Gasteiger partial charge in [0.05, 0.1) is 5.69 Å². The molecule has 0 bridgehead atoms. The number of fused-ring (bicyclic) bond motifs is 1. The molecule has 2 saturated carbocycles. The fourth-order valence-electron chi connectivity index (χ4n) is 4.98. The summed E-state index contributed by atoms with van der Waals surface area (Å²) in [5.41, 5.74) is 16.9. The van der Waals surface area contributed by atoms with Crippen LogP contribution in [0.4, 0.5) is 4.39 Å². The molecule has 0 amide bonds. The molecule has 1 heterocycles. The van der Waals surface area contributed by atoms with Crippen LogP contribution in [0.1, 0.15) is 37.8 Å². The van der Waals surface area contributed by atoms with Crippen LogP contribution in [0.5, 0.6) is 0 Å². The van der Waals surface area contributed by atoms with E-state index >= 15 is 0 Å². The molecule has 2 aliphatic rings. The van der Waals surface area contributed by atoms with Crippen LogP contribution >= 0.6 is 0 Å². The molecule has 1 aromatic carbocycles. The van der Waals surface area contributed by atoms with Crippen LogP contribution in [0.15, 0.2) is 72.2 Å². The zero-order valence-corrected chi connectivity index (χ0v) is 16.6. The van der Waals surface area contributed by atoms with E-state index in [1.807, 2.05) is 18.2 Å². The zero-order chi connectivity index (χ0) is 20.2. The largest absolute Gasteiger partial charge is 0.404 e. The van der Waals surface area contributed by atoms with Gasteiger partial charge in [-0.1, -0.05) is 37.1 Å².